The lowest BCUT2D eigenvalue weighted by molar-refractivity contribution is 0.535. The van der Waals surface area contributed by atoms with Crippen LogP contribution in [0, 0.1) is 11.6 Å². The van der Waals surface area contributed by atoms with E-state index < -0.39 is 21.5 Å². The Kier molecular flexibility index (Phi) is 4.69. The molecule has 0 fully saturated rings. The maximum Gasteiger partial charge on any atom is 0.175 e. The molecule has 3 nitrogen and oxygen atoms in total. The third-order valence-electron chi connectivity index (χ3n) is 3.04. The molecular formula is C15H15F2NO2S. The SMILES string of the molecule is CS(=O)(=O)c1ccc(CNCc2c(F)cccc2F)cc1. The van der Waals surface area contributed by atoms with Crippen molar-refractivity contribution >= 4 is 9.84 Å². The fraction of sp³-hybridized carbons (Fsp3) is 0.200. The summed E-state index contributed by atoms with van der Waals surface area (Å²) < 4.78 is 49.5. The van der Waals surface area contributed by atoms with Gasteiger partial charge in [0.1, 0.15) is 11.6 Å². The molecule has 0 bridgehead atoms. The van der Waals surface area contributed by atoms with Crippen molar-refractivity contribution < 1.29 is 17.2 Å². The first-order chi connectivity index (χ1) is 9.88. The van der Waals surface area contributed by atoms with Crippen molar-refractivity contribution in [2.24, 2.45) is 0 Å². The molecule has 0 unspecified atom stereocenters. The Balaban J connectivity index is 1.98. The highest BCUT2D eigenvalue weighted by molar-refractivity contribution is 7.90. The zero-order chi connectivity index (χ0) is 15.5. The van der Waals surface area contributed by atoms with Gasteiger partial charge >= 0.3 is 0 Å². The Morgan fingerprint density at radius 1 is 0.952 bits per heavy atom. The van der Waals surface area contributed by atoms with E-state index in [9.17, 15) is 17.2 Å². The summed E-state index contributed by atoms with van der Waals surface area (Å²) in [6, 6.07) is 10.1. The van der Waals surface area contributed by atoms with E-state index in [4.69, 9.17) is 0 Å². The summed E-state index contributed by atoms with van der Waals surface area (Å²) in [6.45, 7) is 0.449. The van der Waals surface area contributed by atoms with Gasteiger partial charge in [-0.1, -0.05) is 18.2 Å². The molecule has 2 aromatic carbocycles. The van der Waals surface area contributed by atoms with E-state index in [1.807, 2.05) is 0 Å². The smallest absolute Gasteiger partial charge is 0.175 e. The van der Waals surface area contributed by atoms with Crippen LogP contribution in [0.4, 0.5) is 8.78 Å². The van der Waals surface area contributed by atoms with Gasteiger partial charge in [0.2, 0.25) is 0 Å². The minimum absolute atomic E-state index is 0.00902. The highest BCUT2D eigenvalue weighted by Crippen LogP contribution is 2.13. The molecule has 0 aliphatic rings. The molecule has 0 aliphatic carbocycles. The van der Waals surface area contributed by atoms with Gasteiger partial charge in [-0.2, -0.15) is 0 Å². The van der Waals surface area contributed by atoms with Gasteiger partial charge in [-0.3, -0.25) is 0 Å². The summed E-state index contributed by atoms with van der Waals surface area (Å²) in [4.78, 5) is 0.242. The molecule has 0 spiro atoms. The number of hydrogen-bond acceptors (Lipinski definition) is 3. The summed E-state index contributed by atoms with van der Waals surface area (Å²) >= 11 is 0. The summed E-state index contributed by atoms with van der Waals surface area (Å²) in [5, 5.41) is 2.93. The third kappa shape index (κ3) is 4.09. The monoisotopic (exact) mass is 311 g/mol. The van der Waals surface area contributed by atoms with Gasteiger partial charge in [0.15, 0.2) is 9.84 Å². The number of nitrogens with one attached hydrogen (secondary N) is 1. The van der Waals surface area contributed by atoms with Crippen LogP contribution in [0.2, 0.25) is 0 Å². The third-order valence-corrected chi connectivity index (χ3v) is 4.17. The molecule has 0 saturated heterocycles. The van der Waals surface area contributed by atoms with Crippen molar-refractivity contribution in [1.82, 2.24) is 5.32 Å². The first-order valence-corrected chi connectivity index (χ1v) is 8.19. The van der Waals surface area contributed by atoms with E-state index in [1.165, 1.54) is 30.3 Å². The average Bonchev–Trinajstić information content (AvgIpc) is 2.42. The Morgan fingerprint density at radius 3 is 2.05 bits per heavy atom. The lowest BCUT2D eigenvalue weighted by atomic mass is 10.2. The first kappa shape index (κ1) is 15.6. The Hall–Kier alpha value is -1.79. The molecule has 2 aromatic rings. The summed E-state index contributed by atoms with van der Waals surface area (Å²) in [5.41, 5.74) is 0.824. The molecule has 21 heavy (non-hydrogen) atoms. The predicted octanol–water partition coefficient (Wildman–Crippen LogP) is 2.66. The maximum absolute atomic E-state index is 13.4. The van der Waals surface area contributed by atoms with Crippen molar-refractivity contribution in [3.63, 3.8) is 0 Å². The largest absolute Gasteiger partial charge is 0.308 e. The van der Waals surface area contributed by atoms with Crippen molar-refractivity contribution in [1.29, 1.82) is 0 Å². The molecular weight excluding hydrogens is 296 g/mol. The minimum atomic E-state index is -3.21. The van der Waals surface area contributed by atoms with Crippen molar-refractivity contribution in [3.05, 3.63) is 65.2 Å². The quantitative estimate of drug-likeness (QED) is 0.923. The van der Waals surface area contributed by atoms with Gasteiger partial charge in [-0.05, 0) is 29.8 Å². The van der Waals surface area contributed by atoms with Crippen molar-refractivity contribution in [2.45, 2.75) is 18.0 Å². The summed E-state index contributed by atoms with van der Waals surface area (Å²) in [7, 11) is -3.21. The highest BCUT2D eigenvalue weighted by Gasteiger charge is 2.08. The zero-order valence-electron chi connectivity index (χ0n) is 11.4. The Labute approximate surface area is 122 Å². The predicted molar refractivity (Wildman–Crippen MR) is 76.5 cm³/mol. The molecule has 0 saturated carbocycles. The summed E-state index contributed by atoms with van der Waals surface area (Å²) in [5.74, 6) is -1.18. The van der Waals surface area contributed by atoms with E-state index in [0.717, 1.165) is 11.8 Å². The van der Waals surface area contributed by atoms with Crippen LogP contribution in [0.25, 0.3) is 0 Å². The van der Waals surface area contributed by atoms with Gasteiger partial charge < -0.3 is 5.32 Å². The van der Waals surface area contributed by atoms with Crippen LogP contribution in [0.1, 0.15) is 11.1 Å². The van der Waals surface area contributed by atoms with E-state index in [0.29, 0.717) is 6.54 Å². The van der Waals surface area contributed by atoms with Gasteiger partial charge in [-0.15, -0.1) is 0 Å². The second-order valence-corrected chi connectivity index (χ2v) is 6.74. The lowest BCUT2D eigenvalue weighted by Crippen LogP contribution is -2.15. The molecule has 0 heterocycles. The number of rotatable bonds is 5. The van der Waals surface area contributed by atoms with Crippen LogP contribution in [0.3, 0.4) is 0 Å². The average molecular weight is 311 g/mol. The van der Waals surface area contributed by atoms with E-state index in [-0.39, 0.29) is 17.0 Å². The first-order valence-electron chi connectivity index (χ1n) is 6.30. The van der Waals surface area contributed by atoms with Crippen LogP contribution in [-0.2, 0) is 22.9 Å². The lowest BCUT2D eigenvalue weighted by Gasteiger charge is -2.08. The molecule has 0 aromatic heterocycles. The molecule has 0 atom stereocenters. The molecule has 0 amide bonds. The van der Waals surface area contributed by atoms with Gasteiger partial charge in [0, 0.05) is 24.9 Å². The molecule has 1 N–H and O–H groups in total. The molecule has 2 rings (SSSR count). The van der Waals surface area contributed by atoms with Crippen molar-refractivity contribution in [3.8, 4) is 0 Å². The Morgan fingerprint density at radius 2 is 1.52 bits per heavy atom. The normalized spacial score (nSPS) is 11.6. The van der Waals surface area contributed by atoms with Crippen LogP contribution in [0.5, 0.6) is 0 Å². The minimum Gasteiger partial charge on any atom is -0.308 e. The topological polar surface area (TPSA) is 46.2 Å². The Bertz CT molecular complexity index is 708. The van der Waals surface area contributed by atoms with Crippen LogP contribution < -0.4 is 5.32 Å². The second-order valence-electron chi connectivity index (χ2n) is 4.72. The van der Waals surface area contributed by atoms with E-state index in [2.05, 4.69) is 5.32 Å². The van der Waals surface area contributed by atoms with Gasteiger partial charge in [0.05, 0.1) is 4.90 Å². The van der Waals surface area contributed by atoms with Crippen molar-refractivity contribution in [2.75, 3.05) is 6.26 Å². The highest BCUT2D eigenvalue weighted by atomic mass is 32.2. The number of benzene rings is 2. The van der Waals surface area contributed by atoms with Crippen LogP contribution in [-0.4, -0.2) is 14.7 Å². The molecule has 0 aliphatic heterocycles. The fourth-order valence-electron chi connectivity index (χ4n) is 1.89. The van der Waals surface area contributed by atoms with Crippen LogP contribution in [0.15, 0.2) is 47.4 Å². The van der Waals surface area contributed by atoms with E-state index >= 15 is 0 Å². The maximum atomic E-state index is 13.4. The van der Waals surface area contributed by atoms with Gasteiger partial charge in [-0.25, -0.2) is 17.2 Å². The number of hydrogen-bond donors (Lipinski definition) is 1. The van der Waals surface area contributed by atoms with Crippen LogP contribution >= 0.6 is 0 Å². The van der Waals surface area contributed by atoms with Gasteiger partial charge in [0.25, 0.3) is 0 Å². The number of sulfone groups is 1. The fourth-order valence-corrected chi connectivity index (χ4v) is 2.52. The summed E-state index contributed by atoms with van der Waals surface area (Å²) in [6.07, 6.45) is 1.14. The molecule has 112 valence electrons. The second kappa shape index (κ2) is 6.32. The van der Waals surface area contributed by atoms with E-state index in [1.54, 1.807) is 12.1 Å². The molecule has 6 heteroatoms. The number of halogens is 2. The standard InChI is InChI=1S/C15H15F2NO2S/c1-21(19,20)12-7-5-11(6-8-12)9-18-10-13-14(16)3-2-4-15(13)17/h2-8,18H,9-10H2,1H3. The zero-order valence-corrected chi connectivity index (χ0v) is 12.3. The molecule has 0 radical (unpaired) electrons.